The van der Waals surface area contributed by atoms with Gasteiger partial charge in [-0.05, 0) is 31.4 Å². The molecule has 1 N–H and O–H groups in total. The lowest BCUT2D eigenvalue weighted by Crippen LogP contribution is -2.33. The molecular weight excluding hydrogens is 228 g/mol. The lowest BCUT2D eigenvalue weighted by molar-refractivity contribution is -0.130. The van der Waals surface area contributed by atoms with Crippen LogP contribution in [0.4, 0.5) is 5.82 Å². The second-order valence-electron chi connectivity index (χ2n) is 3.70. The van der Waals surface area contributed by atoms with Crippen LogP contribution < -0.4 is 5.32 Å². The summed E-state index contributed by atoms with van der Waals surface area (Å²) in [6.07, 6.45) is 4.03. The highest BCUT2D eigenvalue weighted by Crippen LogP contribution is 2.16. The first-order valence-corrected chi connectivity index (χ1v) is 5.67. The molecule has 16 heavy (non-hydrogen) atoms. The number of amides is 1. The Morgan fingerprint density at radius 1 is 1.56 bits per heavy atom. The van der Waals surface area contributed by atoms with Gasteiger partial charge in [0.15, 0.2) is 0 Å². The van der Waals surface area contributed by atoms with E-state index in [1.165, 1.54) is 0 Å². The summed E-state index contributed by atoms with van der Waals surface area (Å²) >= 11 is 5.79. The highest BCUT2D eigenvalue weighted by atomic mass is 35.5. The quantitative estimate of drug-likeness (QED) is 0.863. The van der Waals surface area contributed by atoms with E-state index in [9.17, 15) is 4.79 Å². The number of rotatable bonds is 2. The van der Waals surface area contributed by atoms with E-state index in [0.717, 1.165) is 19.3 Å². The summed E-state index contributed by atoms with van der Waals surface area (Å²) in [5.74, 6) is 0.321. The van der Waals surface area contributed by atoms with Crippen LogP contribution in [0.1, 0.15) is 19.3 Å². The molecule has 0 bridgehead atoms. The van der Waals surface area contributed by atoms with E-state index >= 15 is 0 Å². The average Bonchev–Trinajstić information content (AvgIpc) is 2.30. The zero-order valence-corrected chi connectivity index (χ0v) is 9.54. The van der Waals surface area contributed by atoms with Crippen LogP contribution in [0.25, 0.3) is 0 Å². The van der Waals surface area contributed by atoms with Gasteiger partial charge in [-0.3, -0.25) is 4.79 Å². The number of nitrogens with zero attached hydrogens (tertiary/aromatic N) is 1. The molecule has 0 spiro atoms. The number of pyridine rings is 1. The van der Waals surface area contributed by atoms with E-state index in [4.69, 9.17) is 16.3 Å². The van der Waals surface area contributed by atoms with Crippen LogP contribution in [0.2, 0.25) is 5.02 Å². The monoisotopic (exact) mass is 240 g/mol. The molecule has 86 valence electrons. The molecule has 1 amide bonds. The smallest absolute Gasteiger partial charge is 0.254 e. The van der Waals surface area contributed by atoms with E-state index < -0.39 is 0 Å². The van der Waals surface area contributed by atoms with Gasteiger partial charge in [0, 0.05) is 17.8 Å². The van der Waals surface area contributed by atoms with Crippen molar-refractivity contribution >= 4 is 23.3 Å². The zero-order valence-electron chi connectivity index (χ0n) is 8.78. The largest absolute Gasteiger partial charge is 0.368 e. The normalized spacial score (nSPS) is 20.4. The second kappa shape index (κ2) is 5.27. The molecule has 0 aliphatic carbocycles. The third-order valence-electron chi connectivity index (χ3n) is 2.45. The molecule has 0 aromatic carbocycles. The predicted molar refractivity (Wildman–Crippen MR) is 61.5 cm³/mol. The lowest BCUT2D eigenvalue weighted by Gasteiger charge is -2.21. The summed E-state index contributed by atoms with van der Waals surface area (Å²) in [4.78, 5) is 15.8. The molecule has 0 saturated carbocycles. The third-order valence-corrected chi connectivity index (χ3v) is 2.68. The summed E-state index contributed by atoms with van der Waals surface area (Å²) in [7, 11) is 0. The van der Waals surface area contributed by atoms with Crippen molar-refractivity contribution in [1.82, 2.24) is 4.98 Å². The molecule has 1 atom stereocenters. The minimum atomic E-state index is -0.352. The molecule has 4 nitrogen and oxygen atoms in total. The zero-order chi connectivity index (χ0) is 11.4. The van der Waals surface area contributed by atoms with Crippen molar-refractivity contribution in [3.05, 3.63) is 23.4 Å². The molecule has 1 aliphatic rings. The van der Waals surface area contributed by atoms with E-state index in [1.807, 2.05) is 0 Å². The van der Waals surface area contributed by atoms with Crippen LogP contribution in [0.5, 0.6) is 0 Å². The second-order valence-corrected chi connectivity index (χ2v) is 4.14. The minimum Gasteiger partial charge on any atom is -0.368 e. The number of hydrogen-bond donors (Lipinski definition) is 1. The van der Waals surface area contributed by atoms with Crippen LogP contribution >= 0.6 is 11.6 Å². The van der Waals surface area contributed by atoms with Gasteiger partial charge in [0.2, 0.25) is 0 Å². The first kappa shape index (κ1) is 11.4. The standard InChI is InChI=1S/C11H13ClN2O2/c12-8-4-5-13-10(7-8)14-11(15)9-3-1-2-6-16-9/h4-5,7,9H,1-3,6H2,(H,13,14,15). The molecule has 1 saturated heterocycles. The van der Waals surface area contributed by atoms with Crippen molar-refractivity contribution in [2.24, 2.45) is 0 Å². The van der Waals surface area contributed by atoms with E-state index in [0.29, 0.717) is 17.4 Å². The van der Waals surface area contributed by atoms with E-state index in [-0.39, 0.29) is 12.0 Å². The lowest BCUT2D eigenvalue weighted by atomic mass is 10.1. The fourth-order valence-corrected chi connectivity index (χ4v) is 1.79. The number of anilines is 1. The Morgan fingerprint density at radius 3 is 3.12 bits per heavy atom. The van der Waals surface area contributed by atoms with Gasteiger partial charge in [0.25, 0.3) is 5.91 Å². The van der Waals surface area contributed by atoms with E-state index in [1.54, 1.807) is 18.3 Å². The number of ether oxygens (including phenoxy) is 1. The first-order chi connectivity index (χ1) is 7.75. The van der Waals surface area contributed by atoms with E-state index in [2.05, 4.69) is 10.3 Å². The number of carbonyl (C=O) groups is 1. The summed E-state index contributed by atoms with van der Waals surface area (Å²) in [6, 6.07) is 3.27. The Bertz CT molecular complexity index is 378. The summed E-state index contributed by atoms with van der Waals surface area (Å²) < 4.78 is 5.37. The van der Waals surface area contributed by atoms with Crippen molar-refractivity contribution in [1.29, 1.82) is 0 Å². The molecule has 1 unspecified atom stereocenters. The summed E-state index contributed by atoms with van der Waals surface area (Å²) in [6.45, 7) is 0.654. The fourth-order valence-electron chi connectivity index (χ4n) is 1.63. The number of carbonyl (C=O) groups excluding carboxylic acids is 1. The Morgan fingerprint density at radius 2 is 2.44 bits per heavy atom. The number of nitrogens with one attached hydrogen (secondary N) is 1. The maximum Gasteiger partial charge on any atom is 0.254 e. The fraction of sp³-hybridized carbons (Fsp3) is 0.455. The molecule has 1 fully saturated rings. The Kier molecular flexibility index (Phi) is 3.74. The topological polar surface area (TPSA) is 51.2 Å². The Labute approximate surface area is 99.0 Å². The highest BCUT2D eigenvalue weighted by Gasteiger charge is 2.22. The van der Waals surface area contributed by atoms with Crippen LogP contribution in [-0.4, -0.2) is 23.6 Å². The van der Waals surface area contributed by atoms with Gasteiger partial charge in [-0.1, -0.05) is 11.6 Å². The molecular formula is C11H13ClN2O2. The van der Waals surface area contributed by atoms with Crippen molar-refractivity contribution in [3.8, 4) is 0 Å². The summed E-state index contributed by atoms with van der Waals surface area (Å²) in [5, 5.41) is 3.24. The number of aromatic nitrogens is 1. The first-order valence-electron chi connectivity index (χ1n) is 5.30. The van der Waals surface area contributed by atoms with Crippen LogP contribution in [0, 0.1) is 0 Å². The molecule has 1 aliphatic heterocycles. The average molecular weight is 241 g/mol. The molecule has 2 heterocycles. The molecule has 5 heteroatoms. The van der Waals surface area contributed by atoms with Crippen molar-refractivity contribution in [2.45, 2.75) is 25.4 Å². The molecule has 1 aromatic rings. The highest BCUT2D eigenvalue weighted by molar-refractivity contribution is 6.30. The van der Waals surface area contributed by atoms with Gasteiger partial charge in [-0.25, -0.2) is 4.98 Å². The van der Waals surface area contributed by atoms with Gasteiger partial charge in [0.1, 0.15) is 11.9 Å². The van der Waals surface area contributed by atoms with Gasteiger partial charge in [-0.15, -0.1) is 0 Å². The molecule has 1 aromatic heterocycles. The Balaban J connectivity index is 1.96. The van der Waals surface area contributed by atoms with Gasteiger partial charge in [0.05, 0.1) is 0 Å². The molecule has 0 radical (unpaired) electrons. The maximum atomic E-state index is 11.8. The van der Waals surface area contributed by atoms with Crippen LogP contribution in [-0.2, 0) is 9.53 Å². The number of halogens is 1. The number of hydrogen-bond acceptors (Lipinski definition) is 3. The van der Waals surface area contributed by atoms with Gasteiger partial charge in [-0.2, -0.15) is 0 Å². The van der Waals surface area contributed by atoms with Gasteiger partial charge < -0.3 is 10.1 Å². The van der Waals surface area contributed by atoms with Crippen LogP contribution in [0.3, 0.4) is 0 Å². The minimum absolute atomic E-state index is 0.144. The molecule has 2 rings (SSSR count). The van der Waals surface area contributed by atoms with Crippen LogP contribution in [0.15, 0.2) is 18.3 Å². The Hall–Kier alpha value is -1.13. The van der Waals surface area contributed by atoms with Crippen molar-refractivity contribution in [3.63, 3.8) is 0 Å². The predicted octanol–water partition coefficient (Wildman–Crippen LogP) is 2.24. The van der Waals surface area contributed by atoms with Crippen molar-refractivity contribution < 1.29 is 9.53 Å². The third kappa shape index (κ3) is 2.93. The summed E-state index contributed by atoms with van der Waals surface area (Å²) in [5.41, 5.74) is 0. The SMILES string of the molecule is O=C(Nc1cc(Cl)ccn1)C1CCCCO1. The maximum absolute atomic E-state index is 11.8. The van der Waals surface area contributed by atoms with Crippen molar-refractivity contribution in [2.75, 3.05) is 11.9 Å². The van der Waals surface area contributed by atoms with Gasteiger partial charge >= 0.3 is 0 Å².